The van der Waals surface area contributed by atoms with Gasteiger partial charge in [0.05, 0.1) is 0 Å². The molecule has 0 aromatic rings. The Morgan fingerprint density at radius 1 is 1.25 bits per heavy atom. The number of rotatable bonds is 6. The van der Waals surface area contributed by atoms with Crippen LogP contribution in [0.25, 0.3) is 0 Å². The van der Waals surface area contributed by atoms with E-state index in [0.29, 0.717) is 32.0 Å². The second kappa shape index (κ2) is 7.07. The highest BCUT2D eigenvalue weighted by atomic mass is 16.2. The molecule has 2 rings (SSSR count). The van der Waals surface area contributed by atoms with Crippen LogP contribution in [0.3, 0.4) is 0 Å². The zero-order valence-corrected chi connectivity index (χ0v) is 12.4. The van der Waals surface area contributed by atoms with Crippen molar-refractivity contribution in [1.29, 1.82) is 0 Å². The van der Waals surface area contributed by atoms with Crippen molar-refractivity contribution >= 4 is 11.8 Å². The fraction of sp³-hybridized carbons (Fsp3) is 0.867. The van der Waals surface area contributed by atoms with Gasteiger partial charge in [0.2, 0.25) is 11.8 Å². The molecular weight excluding hydrogens is 254 g/mol. The number of likely N-dealkylation sites (tertiary alicyclic amines) is 1. The van der Waals surface area contributed by atoms with Crippen molar-refractivity contribution in [1.82, 2.24) is 10.2 Å². The first-order valence-electron chi connectivity index (χ1n) is 7.93. The summed E-state index contributed by atoms with van der Waals surface area (Å²) >= 11 is 0. The lowest BCUT2D eigenvalue weighted by atomic mass is 9.95. The van der Waals surface area contributed by atoms with Gasteiger partial charge in [-0.05, 0) is 38.0 Å². The summed E-state index contributed by atoms with van der Waals surface area (Å²) < 4.78 is 0. The molecule has 1 unspecified atom stereocenters. The summed E-state index contributed by atoms with van der Waals surface area (Å²) in [6.45, 7) is 4.04. The summed E-state index contributed by atoms with van der Waals surface area (Å²) in [6.07, 6.45) is 5.47. The largest absolute Gasteiger partial charge is 0.354 e. The molecule has 0 radical (unpaired) electrons. The molecule has 3 N–H and O–H groups in total. The summed E-state index contributed by atoms with van der Waals surface area (Å²) in [7, 11) is 0. The van der Waals surface area contributed by atoms with Gasteiger partial charge in [-0.25, -0.2) is 0 Å². The first kappa shape index (κ1) is 15.3. The fourth-order valence-corrected chi connectivity index (χ4v) is 2.82. The molecule has 2 fully saturated rings. The van der Waals surface area contributed by atoms with E-state index in [1.807, 2.05) is 11.8 Å². The molecule has 2 amide bonds. The lowest BCUT2D eigenvalue weighted by Crippen LogP contribution is -2.45. The van der Waals surface area contributed by atoms with Crippen molar-refractivity contribution in [3.8, 4) is 0 Å². The number of nitrogens with one attached hydrogen (secondary N) is 1. The molecule has 0 aromatic carbocycles. The minimum Gasteiger partial charge on any atom is -0.354 e. The van der Waals surface area contributed by atoms with Gasteiger partial charge in [0.15, 0.2) is 0 Å². The van der Waals surface area contributed by atoms with Crippen LogP contribution in [0.4, 0.5) is 0 Å². The summed E-state index contributed by atoms with van der Waals surface area (Å²) in [6, 6.07) is 0.116. The van der Waals surface area contributed by atoms with Gasteiger partial charge in [-0.15, -0.1) is 0 Å². The maximum Gasteiger partial charge on any atom is 0.223 e. The van der Waals surface area contributed by atoms with Crippen LogP contribution in [0.2, 0.25) is 0 Å². The number of carbonyl (C=O) groups is 2. The number of hydrogen-bond donors (Lipinski definition) is 2. The molecule has 0 aromatic heterocycles. The van der Waals surface area contributed by atoms with Crippen LogP contribution < -0.4 is 11.1 Å². The Morgan fingerprint density at radius 3 is 2.45 bits per heavy atom. The van der Waals surface area contributed by atoms with E-state index in [1.165, 1.54) is 12.8 Å². The van der Waals surface area contributed by atoms with Crippen molar-refractivity contribution in [3.05, 3.63) is 0 Å². The number of piperidine rings is 1. The van der Waals surface area contributed by atoms with Crippen molar-refractivity contribution in [2.24, 2.45) is 17.6 Å². The van der Waals surface area contributed by atoms with E-state index < -0.39 is 0 Å². The highest BCUT2D eigenvalue weighted by molar-refractivity contribution is 5.80. The van der Waals surface area contributed by atoms with Crippen molar-refractivity contribution in [2.75, 3.05) is 19.6 Å². The number of hydrogen-bond acceptors (Lipinski definition) is 3. The first-order chi connectivity index (χ1) is 9.61. The molecule has 1 saturated carbocycles. The van der Waals surface area contributed by atoms with Gasteiger partial charge in [-0.3, -0.25) is 9.59 Å². The van der Waals surface area contributed by atoms with E-state index in [0.717, 1.165) is 19.3 Å². The average Bonchev–Trinajstić information content (AvgIpc) is 3.29. The molecule has 20 heavy (non-hydrogen) atoms. The van der Waals surface area contributed by atoms with Gasteiger partial charge in [0.1, 0.15) is 0 Å². The second-order valence-corrected chi connectivity index (χ2v) is 6.15. The van der Waals surface area contributed by atoms with Crippen LogP contribution in [-0.4, -0.2) is 42.4 Å². The van der Waals surface area contributed by atoms with E-state index >= 15 is 0 Å². The lowest BCUT2D eigenvalue weighted by Gasteiger charge is -2.31. The average molecular weight is 281 g/mol. The molecule has 1 atom stereocenters. The molecule has 114 valence electrons. The van der Waals surface area contributed by atoms with E-state index in [2.05, 4.69) is 5.32 Å². The summed E-state index contributed by atoms with van der Waals surface area (Å²) in [5, 5.41) is 2.98. The van der Waals surface area contributed by atoms with Crippen LogP contribution in [0.5, 0.6) is 0 Å². The summed E-state index contributed by atoms with van der Waals surface area (Å²) in [5.74, 6) is 1.00. The zero-order chi connectivity index (χ0) is 14.5. The molecule has 1 saturated heterocycles. The third kappa shape index (κ3) is 4.20. The van der Waals surface area contributed by atoms with Gasteiger partial charge >= 0.3 is 0 Å². The predicted octanol–water partition coefficient (Wildman–Crippen LogP) is 0.879. The van der Waals surface area contributed by atoms with E-state index in [1.54, 1.807) is 0 Å². The molecule has 1 heterocycles. The van der Waals surface area contributed by atoms with Crippen LogP contribution >= 0.6 is 0 Å². The van der Waals surface area contributed by atoms with E-state index in [9.17, 15) is 9.59 Å². The Bertz CT molecular complexity index is 347. The quantitative estimate of drug-likeness (QED) is 0.759. The minimum atomic E-state index is 0.0482. The van der Waals surface area contributed by atoms with E-state index in [-0.39, 0.29) is 23.8 Å². The Balaban J connectivity index is 1.67. The Hall–Kier alpha value is -1.10. The molecule has 0 spiro atoms. The smallest absolute Gasteiger partial charge is 0.223 e. The van der Waals surface area contributed by atoms with Gasteiger partial charge in [0.25, 0.3) is 0 Å². The first-order valence-corrected chi connectivity index (χ1v) is 7.93. The molecular formula is C15H27N3O2. The Labute approximate surface area is 121 Å². The van der Waals surface area contributed by atoms with Gasteiger partial charge in [0, 0.05) is 38.0 Å². The molecule has 5 nitrogen and oxygen atoms in total. The van der Waals surface area contributed by atoms with Crippen molar-refractivity contribution in [3.63, 3.8) is 0 Å². The van der Waals surface area contributed by atoms with Crippen molar-refractivity contribution < 1.29 is 9.59 Å². The zero-order valence-electron chi connectivity index (χ0n) is 12.4. The second-order valence-electron chi connectivity index (χ2n) is 6.15. The van der Waals surface area contributed by atoms with Crippen LogP contribution in [0, 0.1) is 11.8 Å². The SMILES string of the molecule is CCCC(=O)N1CCC(C(=O)NCC(N)C2CC2)CC1. The summed E-state index contributed by atoms with van der Waals surface area (Å²) in [4.78, 5) is 25.8. The van der Waals surface area contributed by atoms with Crippen LogP contribution in [-0.2, 0) is 9.59 Å². The third-order valence-electron chi connectivity index (χ3n) is 4.42. The highest BCUT2D eigenvalue weighted by Gasteiger charge is 2.30. The number of amides is 2. The third-order valence-corrected chi connectivity index (χ3v) is 4.42. The minimum absolute atomic E-state index is 0.0482. The van der Waals surface area contributed by atoms with Gasteiger partial charge in [-0.2, -0.15) is 0 Å². The molecule has 5 heteroatoms. The normalized spacial score (nSPS) is 21.6. The number of nitrogens with zero attached hydrogens (tertiary/aromatic N) is 1. The van der Waals surface area contributed by atoms with Gasteiger partial charge in [-0.1, -0.05) is 6.92 Å². The number of carbonyl (C=O) groups excluding carboxylic acids is 2. The standard InChI is InChI=1S/C15H27N3O2/c1-2-3-14(19)18-8-6-12(7-9-18)15(20)17-10-13(16)11-4-5-11/h11-13H,2-10,16H2,1H3,(H,17,20). The fourth-order valence-electron chi connectivity index (χ4n) is 2.82. The van der Waals surface area contributed by atoms with Crippen molar-refractivity contribution in [2.45, 2.75) is 51.5 Å². The van der Waals surface area contributed by atoms with Crippen LogP contribution in [0.15, 0.2) is 0 Å². The topological polar surface area (TPSA) is 75.4 Å². The maximum atomic E-state index is 12.1. The molecule has 1 aliphatic carbocycles. The molecule has 0 bridgehead atoms. The highest BCUT2D eigenvalue weighted by Crippen LogP contribution is 2.31. The van der Waals surface area contributed by atoms with E-state index in [4.69, 9.17) is 5.73 Å². The van der Waals surface area contributed by atoms with Crippen LogP contribution in [0.1, 0.15) is 45.4 Å². The Kier molecular flexibility index (Phi) is 5.40. The van der Waals surface area contributed by atoms with Gasteiger partial charge < -0.3 is 16.0 Å². The Morgan fingerprint density at radius 2 is 1.90 bits per heavy atom. The molecule has 1 aliphatic heterocycles. The number of nitrogens with two attached hydrogens (primary N) is 1. The predicted molar refractivity (Wildman–Crippen MR) is 77.9 cm³/mol. The lowest BCUT2D eigenvalue weighted by molar-refractivity contribution is -0.135. The summed E-state index contributed by atoms with van der Waals surface area (Å²) in [5.41, 5.74) is 5.98. The maximum absolute atomic E-state index is 12.1. The molecule has 2 aliphatic rings. The monoisotopic (exact) mass is 281 g/mol.